The van der Waals surface area contributed by atoms with Crippen molar-refractivity contribution in [2.75, 3.05) is 6.54 Å². The molecule has 0 aliphatic rings. The van der Waals surface area contributed by atoms with E-state index in [0.29, 0.717) is 10.8 Å². The van der Waals surface area contributed by atoms with Crippen LogP contribution in [0.15, 0.2) is 24.3 Å². The maximum absolute atomic E-state index is 12.0. The molecule has 6 nitrogen and oxygen atoms in total. The topological polar surface area (TPSA) is 95.9 Å². The highest BCUT2D eigenvalue weighted by atomic mass is 35.5. The van der Waals surface area contributed by atoms with Gasteiger partial charge in [-0.05, 0) is 45.0 Å². The van der Waals surface area contributed by atoms with Gasteiger partial charge in [-0.15, -0.1) is 0 Å². The molecule has 0 fully saturated rings. The normalized spacial score (nSPS) is 14.1. The van der Waals surface area contributed by atoms with Gasteiger partial charge in [0.15, 0.2) is 11.2 Å². The fourth-order valence-corrected chi connectivity index (χ4v) is 1.51. The molecule has 0 saturated heterocycles. The van der Waals surface area contributed by atoms with Gasteiger partial charge in [-0.1, -0.05) is 11.6 Å². The molecule has 3 N–H and O–H groups in total. The van der Waals surface area contributed by atoms with Crippen molar-refractivity contribution in [1.29, 1.82) is 0 Å². The number of carboxylic acids is 1. The van der Waals surface area contributed by atoms with Crippen LogP contribution in [0.5, 0.6) is 5.75 Å². The highest BCUT2D eigenvalue weighted by molar-refractivity contribution is 6.30. The lowest BCUT2D eigenvalue weighted by Gasteiger charge is -2.27. The summed E-state index contributed by atoms with van der Waals surface area (Å²) in [5, 5.41) is 21.2. The molecule has 0 aliphatic carbocycles. The van der Waals surface area contributed by atoms with Gasteiger partial charge in [0.25, 0.3) is 5.91 Å². The maximum Gasteiger partial charge on any atom is 0.337 e. The smallest absolute Gasteiger partial charge is 0.337 e. The van der Waals surface area contributed by atoms with Crippen molar-refractivity contribution in [3.05, 3.63) is 29.3 Å². The van der Waals surface area contributed by atoms with Gasteiger partial charge in [-0.25, -0.2) is 4.79 Å². The molecule has 1 rings (SSSR count). The van der Waals surface area contributed by atoms with Crippen LogP contribution >= 0.6 is 11.6 Å². The monoisotopic (exact) mass is 315 g/mol. The van der Waals surface area contributed by atoms with Gasteiger partial charge in [0.2, 0.25) is 0 Å². The molecule has 21 heavy (non-hydrogen) atoms. The van der Waals surface area contributed by atoms with Crippen LogP contribution in [-0.2, 0) is 9.59 Å². The third-order valence-electron chi connectivity index (χ3n) is 2.79. The molecular formula is C14H18ClNO5. The molecule has 0 saturated carbocycles. The van der Waals surface area contributed by atoms with E-state index >= 15 is 0 Å². The molecular weight excluding hydrogens is 298 g/mol. The Morgan fingerprint density at radius 1 is 1.24 bits per heavy atom. The third-order valence-corrected chi connectivity index (χ3v) is 3.04. The van der Waals surface area contributed by atoms with Crippen molar-refractivity contribution in [1.82, 2.24) is 5.32 Å². The van der Waals surface area contributed by atoms with Gasteiger partial charge in [-0.2, -0.15) is 0 Å². The second kappa shape index (κ2) is 6.32. The number of ether oxygens (including phenoxy) is 1. The maximum atomic E-state index is 12.0. The summed E-state index contributed by atoms with van der Waals surface area (Å²) in [6.45, 7) is 3.75. The molecule has 116 valence electrons. The van der Waals surface area contributed by atoms with E-state index in [9.17, 15) is 14.7 Å². The molecule has 7 heteroatoms. The first-order valence-corrected chi connectivity index (χ1v) is 6.61. The predicted molar refractivity (Wildman–Crippen MR) is 77.4 cm³/mol. The van der Waals surface area contributed by atoms with Gasteiger partial charge >= 0.3 is 5.97 Å². The van der Waals surface area contributed by atoms with E-state index in [1.54, 1.807) is 24.3 Å². The molecule has 0 heterocycles. The first kappa shape index (κ1) is 17.3. The largest absolute Gasteiger partial charge is 0.479 e. The highest BCUT2D eigenvalue weighted by Gasteiger charge is 2.35. The fraction of sp³-hybridized carbons (Fsp3) is 0.429. The SMILES string of the molecule is CC(O)(CNC(=O)C(C)(C)Oc1ccc(Cl)cc1)C(=O)O. The summed E-state index contributed by atoms with van der Waals surface area (Å²) >= 11 is 5.76. The van der Waals surface area contributed by atoms with Gasteiger partial charge in [0.05, 0.1) is 6.54 Å². The van der Waals surface area contributed by atoms with Crippen LogP contribution in [0.4, 0.5) is 0 Å². The number of halogens is 1. The van der Waals surface area contributed by atoms with Crippen LogP contribution in [0.1, 0.15) is 20.8 Å². The van der Waals surface area contributed by atoms with Crippen molar-refractivity contribution in [3.8, 4) is 5.75 Å². The zero-order valence-electron chi connectivity index (χ0n) is 12.0. The van der Waals surface area contributed by atoms with Crippen LogP contribution in [0, 0.1) is 0 Å². The molecule has 0 aromatic heterocycles. The average Bonchev–Trinajstić information content (AvgIpc) is 2.38. The summed E-state index contributed by atoms with van der Waals surface area (Å²) in [7, 11) is 0. The van der Waals surface area contributed by atoms with Crippen LogP contribution < -0.4 is 10.1 Å². The number of benzene rings is 1. The molecule has 1 unspecified atom stereocenters. The average molecular weight is 316 g/mol. The third kappa shape index (κ3) is 4.91. The Bertz CT molecular complexity index is 525. The van der Waals surface area contributed by atoms with Crippen molar-refractivity contribution >= 4 is 23.5 Å². The summed E-state index contributed by atoms with van der Waals surface area (Å²) in [6, 6.07) is 6.48. The fourth-order valence-electron chi connectivity index (χ4n) is 1.38. The van der Waals surface area contributed by atoms with E-state index in [4.69, 9.17) is 21.4 Å². The van der Waals surface area contributed by atoms with E-state index in [0.717, 1.165) is 6.92 Å². The number of rotatable bonds is 6. The summed E-state index contributed by atoms with van der Waals surface area (Å²) in [5.41, 5.74) is -3.27. The van der Waals surface area contributed by atoms with Gasteiger partial charge in [0, 0.05) is 5.02 Å². The molecule has 1 aromatic carbocycles. The quantitative estimate of drug-likeness (QED) is 0.738. The first-order chi connectivity index (χ1) is 9.54. The number of aliphatic hydroxyl groups is 1. The van der Waals surface area contributed by atoms with Crippen molar-refractivity contribution in [2.45, 2.75) is 32.0 Å². The molecule has 1 aromatic rings. The Labute approximate surface area is 127 Å². The predicted octanol–water partition coefficient (Wildman–Crippen LogP) is 1.45. The molecule has 0 bridgehead atoms. The standard InChI is InChI=1S/C14H18ClNO5/c1-13(2,21-10-6-4-9(15)5-7-10)11(17)16-8-14(3,20)12(18)19/h4-7,20H,8H2,1-3H3,(H,16,17)(H,18,19). The van der Waals surface area contributed by atoms with Crippen molar-refractivity contribution in [2.24, 2.45) is 0 Å². The number of carbonyl (C=O) groups excluding carboxylic acids is 1. The molecule has 1 amide bonds. The number of carbonyl (C=O) groups is 2. The second-order valence-corrected chi connectivity index (χ2v) is 5.76. The highest BCUT2D eigenvalue weighted by Crippen LogP contribution is 2.21. The minimum Gasteiger partial charge on any atom is -0.479 e. The molecule has 0 radical (unpaired) electrons. The van der Waals surface area contributed by atoms with Gasteiger partial charge in [-0.3, -0.25) is 4.79 Å². The molecule has 0 spiro atoms. The van der Waals surface area contributed by atoms with E-state index in [2.05, 4.69) is 5.32 Å². The lowest BCUT2D eigenvalue weighted by molar-refractivity contribution is -0.156. The summed E-state index contributed by atoms with van der Waals surface area (Å²) in [6.07, 6.45) is 0. The Hall–Kier alpha value is -1.79. The Morgan fingerprint density at radius 2 is 1.76 bits per heavy atom. The number of nitrogens with one attached hydrogen (secondary N) is 1. The summed E-state index contributed by atoms with van der Waals surface area (Å²) < 4.78 is 5.54. The minimum atomic E-state index is -2.04. The summed E-state index contributed by atoms with van der Waals surface area (Å²) in [4.78, 5) is 22.8. The minimum absolute atomic E-state index is 0.422. The Balaban J connectivity index is 2.67. The first-order valence-electron chi connectivity index (χ1n) is 6.23. The van der Waals surface area contributed by atoms with E-state index in [1.165, 1.54) is 13.8 Å². The van der Waals surface area contributed by atoms with Gasteiger partial charge in [0.1, 0.15) is 5.75 Å². The van der Waals surface area contributed by atoms with E-state index < -0.39 is 29.6 Å². The number of aliphatic carboxylic acids is 1. The van der Waals surface area contributed by atoms with Crippen molar-refractivity contribution < 1.29 is 24.5 Å². The molecule has 1 atom stereocenters. The molecule has 0 aliphatic heterocycles. The second-order valence-electron chi connectivity index (χ2n) is 5.33. The Morgan fingerprint density at radius 3 is 2.24 bits per heavy atom. The van der Waals surface area contributed by atoms with Crippen LogP contribution in [0.2, 0.25) is 5.02 Å². The van der Waals surface area contributed by atoms with Crippen LogP contribution in [0.25, 0.3) is 0 Å². The lowest BCUT2D eigenvalue weighted by Crippen LogP contribution is -2.53. The van der Waals surface area contributed by atoms with Crippen molar-refractivity contribution in [3.63, 3.8) is 0 Å². The number of amides is 1. The number of hydrogen-bond donors (Lipinski definition) is 3. The number of carboxylic acid groups (broad SMARTS) is 1. The zero-order valence-corrected chi connectivity index (χ0v) is 12.8. The Kier molecular flexibility index (Phi) is 5.20. The summed E-state index contributed by atoms with van der Waals surface area (Å²) in [5.74, 6) is -1.51. The lowest BCUT2D eigenvalue weighted by atomic mass is 10.1. The van der Waals surface area contributed by atoms with Crippen LogP contribution in [-0.4, -0.2) is 39.8 Å². The zero-order chi connectivity index (χ0) is 16.3. The van der Waals surface area contributed by atoms with E-state index in [1.807, 2.05) is 0 Å². The van der Waals surface area contributed by atoms with Gasteiger partial charge < -0.3 is 20.3 Å². The van der Waals surface area contributed by atoms with E-state index in [-0.39, 0.29) is 0 Å². The number of hydrogen-bond acceptors (Lipinski definition) is 4. The van der Waals surface area contributed by atoms with Crippen LogP contribution in [0.3, 0.4) is 0 Å².